The van der Waals surface area contributed by atoms with Crippen molar-refractivity contribution in [1.82, 2.24) is 10.2 Å². The lowest BCUT2D eigenvalue weighted by atomic mass is 9.93. The molecule has 1 fully saturated rings. The molecule has 1 N–H and O–H groups in total. The minimum Gasteiger partial charge on any atom is -0.268 e. The molecule has 3 aromatic rings. The van der Waals surface area contributed by atoms with E-state index in [1.807, 2.05) is 36.4 Å². The molecule has 1 saturated carbocycles. The molecular weight excluding hydrogens is 308 g/mol. The summed E-state index contributed by atoms with van der Waals surface area (Å²) in [5.74, 6) is 0.644. The fraction of sp³-hybridized carbons (Fsp3) is 0.273. The van der Waals surface area contributed by atoms with Crippen molar-refractivity contribution in [3.63, 3.8) is 0 Å². The normalized spacial score (nSPS) is 14.7. The summed E-state index contributed by atoms with van der Waals surface area (Å²) in [5, 5.41) is 6.87. The summed E-state index contributed by atoms with van der Waals surface area (Å²) in [7, 11) is 0. The highest BCUT2D eigenvalue weighted by Gasteiger charge is 2.17. The lowest BCUT2D eigenvalue weighted by molar-refractivity contribution is 0.721. The largest absolute Gasteiger partial charge is 0.268 e. The maximum absolute atomic E-state index is 11.8. The van der Waals surface area contributed by atoms with Crippen LogP contribution in [-0.2, 0) is 6.42 Å². The zero-order valence-electron chi connectivity index (χ0n) is 14.2. The average molecular weight is 329 g/mol. The molecule has 4 rings (SSSR count). The molecule has 2 aromatic carbocycles. The van der Waals surface area contributed by atoms with Gasteiger partial charge >= 0.3 is 0 Å². The molecule has 0 spiro atoms. The maximum Gasteiger partial charge on any atom is 0.264 e. The van der Waals surface area contributed by atoms with Gasteiger partial charge in [-0.1, -0.05) is 61.4 Å². The highest BCUT2D eigenvalue weighted by Crippen LogP contribution is 2.34. The average Bonchev–Trinajstić information content (AvgIpc) is 3.18. The Morgan fingerprint density at radius 2 is 1.88 bits per heavy atom. The SMILES string of the molecule is O=c1cc(Cc2cc[c]c(C3CCCC3)c2)c(-c2ccccc2)n[nH]1. The van der Waals surface area contributed by atoms with Gasteiger partial charge in [-0.3, -0.25) is 4.79 Å². The molecule has 3 heteroatoms. The van der Waals surface area contributed by atoms with Gasteiger partial charge in [-0.2, -0.15) is 5.10 Å². The van der Waals surface area contributed by atoms with Crippen LogP contribution < -0.4 is 5.56 Å². The van der Waals surface area contributed by atoms with Gasteiger partial charge < -0.3 is 0 Å². The molecular formula is C22H21N2O. The smallest absolute Gasteiger partial charge is 0.264 e. The van der Waals surface area contributed by atoms with E-state index in [1.165, 1.54) is 36.8 Å². The Labute approximate surface area is 147 Å². The van der Waals surface area contributed by atoms with E-state index in [0.29, 0.717) is 12.3 Å². The second-order valence-corrected chi connectivity index (χ2v) is 6.78. The molecule has 3 nitrogen and oxygen atoms in total. The Hall–Kier alpha value is -2.68. The monoisotopic (exact) mass is 329 g/mol. The summed E-state index contributed by atoms with van der Waals surface area (Å²) < 4.78 is 0. The molecule has 0 saturated heterocycles. The molecule has 0 atom stereocenters. The quantitative estimate of drug-likeness (QED) is 0.767. The highest BCUT2D eigenvalue weighted by molar-refractivity contribution is 5.62. The van der Waals surface area contributed by atoms with Crippen LogP contribution in [0.4, 0.5) is 0 Å². The van der Waals surface area contributed by atoms with Crippen LogP contribution in [0.15, 0.2) is 59.4 Å². The number of nitrogens with one attached hydrogen (secondary N) is 1. The zero-order valence-corrected chi connectivity index (χ0v) is 14.2. The van der Waals surface area contributed by atoms with Crippen molar-refractivity contribution < 1.29 is 0 Å². The Morgan fingerprint density at radius 1 is 1.08 bits per heavy atom. The zero-order chi connectivity index (χ0) is 17.1. The van der Waals surface area contributed by atoms with Crippen molar-refractivity contribution in [2.24, 2.45) is 0 Å². The van der Waals surface area contributed by atoms with Crippen LogP contribution >= 0.6 is 0 Å². The van der Waals surface area contributed by atoms with E-state index in [9.17, 15) is 4.79 Å². The highest BCUT2D eigenvalue weighted by atomic mass is 16.1. The molecule has 0 bridgehead atoms. The van der Waals surface area contributed by atoms with E-state index >= 15 is 0 Å². The second kappa shape index (κ2) is 7.06. The van der Waals surface area contributed by atoms with Crippen molar-refractivity contribution in [3.8, 4) is 11.3 Å². The predicted molar refractivity (Wildman–Crippen MR) is 99.6 cm³/mol. The molecule has 125 valence electrons. The van der Waals surface area contributed by atoms with Crippen LogP contribution in [0.3, 0.4) is 0 Å². The maximum atomic E-state index is 11.8. The molecule has 1 aromatic heterocycles. The van der Waals surface area contributed by atoms with Gasteiger partial charge in [-0.05, 0) is 47.9 Å². The van der Waals surface area contributed by atoms with Crippen LogP contribution in [0.25, 0.3) is 11.3 Å². The first-order chi connectivity index (χ1) is 12.3. The van der Waals surface area contributed by atoms with E-state index in [-0.39, 0.29) is 5.56 Å². The number of hydrogen-bond donors (Lipinski definition) is 1. The van der Waals surface area contributed by atoms with E-state index in [1.54, 1.807) is 6.07 Å². The predicted octanol–water partition coefficient (Wildman–Crippen LogP) is 4.49. The number of nitrogens with zero attached hydrogens (tertiary/aromatic N) is 1. The van der Waals surface area contributed by atoms with Crippen LogP contribution in [0.1, 0.15) is 48.3 Å². The molecule has 0 amide bonds. The van der Waals surface area contributed by atoms with Gasteiger partial charge in [-0.25, -0.2) is 5.10 Å². The number of aromatic nitrogens is 2. The second-order valence-electron chi connectivity index (χ2n) is 6.78. The summed E-state index contributed by atoms with van der Waals surface area (Å²) in [6, 6.07) is 21.4. The van der Waals surface area contributed by atoms with E-state index < -0.39 is 0 Å². The molecule has 1 radical (unpaired) electrons. The molecule has 0 aliphatic heterocycles. The summed E-state index contributed by atoms with van der Waals surface area (Å²) >= 11 is 0. The first kappa shape index (κ1) is 15.8. The standard InChI is InChI=1S/C22H21N2O/c25-21-15-20(22(24-23-21)18-10-2-1-3-11-18)14-16-7-6-12-19(13-16)17-8-4-5-9-17/h1-3,6-7,10-11,13,15,17H,4-5,8-9,14H2,(H,23,25). The number of rotatable bonds is 4. The lowest BCUT2D eigenvalue weighted by Crippen LogP contribution is -2.10. The fourth-order valence-electron chi connectivity index (χ4n) is 3.76. The van der Waals surface area contributed by atoms with Crippen LogP contribution in [0.2, 0.25) is 0 Å². The minimum absolute atomic E-state index is 0.159. The van der Waals surface area contributed by atoms with Gasteiger partial charge in [0.1, 0.15) is 0 Å². The number of benzene rings is 2. The molecule has 1 heterocycles. The first-order valence-corrected chi connectivity index (χ1v) is 8.94. The van der Waals surface area contributed by atoms with Crippen molar-refractivity contribution in [2.75, 3.05) is 0 Å². The Bertz CT molecular complexity index is 909. The Morgan fingerprint density at radius 3 is 2.68 bits per heavy atom. The van der Waals surface area contributed by atoms with Gasteiger partial charge in [0.2, 0.25) is 0 Å². The third-order valence-corrected chi connectivity index (χ3v) is 5.01. The Kier molecular flexibility index (Phi) is 4.47. The fourth-order valence-corrected chi connectivity index (χ4v) is 3.76. The number of aromatic amines is 1. The lowest BCUT2D eigenvalue weighted by Gasteiger charge is -2.12. The summed E-state index contributed by atoms with van der Waals surface area (Å²) in [6.45, 7) is 0. The third-order valence-electron chi connectivity index (χ3n) is 5.01. The van der Waals surface area contributed by atoms with E-state index in [4.69, 9.17) is 0 Å². The van der Waals surface area contributed by atoms with Gasteiger partial charge in [0.15, 0.2) is 0 Å². The van der Waals surface area contributed by atoms with Crippen molar-refractivity contribution in [1.29, 1.82) is 0 Å². The number of hydrogen-bond acceptors (Lipinski definition) is 2. The van der Waals surface area contributed by atoms with Gasteiger partial charge in [0, 0.05) is 11.6 Å². The Balaban J connectivity index is 1.68. The third kappa shape index (κ3) is 3.55. The van der Waals surface area contributed by atoms with Crippen LogP contribution in [-0.4, -0.2) is 10.2 Å². The van der Waals surface area contributed by atoms with Crippen molar-refractivity contribution in [3.05, 3.63) is 87.7 Å². The molecule has 1 aliphatic carbocycles. The van der Waals surface area contributed by atoms with Gasteiger partial charge in [0.25, 0.3) is 5.56 Å². The van der Waals surface area contributed by atoms with Crippen LogP contribution in [0, 0.1) is 6.07 Å². The molecule has 0 unspecified atom stereocenters. The topological polar surface area (TPSA) is 45.8 Å². The molecule has 1 aliphatic rings. The van der Waals surface area contributed by atoms with E-state index in [2.05, 4.69) is 28.4 Å². The van der Waals surface area contributed by atoms with Gasteiger partial charge in [-0.15, -0.1) is 0 Å². The summed E-state index contributed by atoms with van der Waals surface area (Å²) in [5.41, 5.74) is 5.19. The first-order valence-electron chi connectivity index (χ1n) is 8.94. The van der Waals surface area contributed by atoms with Gasteiger partial charge in [0.05, 0.1) is 5.69 Å². The van der Waals surface area contributed by atoms with Crippen molar-refractivity contribution in [2.45, 2.75) is 38.0 Å². The summed E-state index contributed by atoms with van der Waals surface area (Å²) in [6.07, 6.45) is 5.87. The number of H-pyrrole nitrogens is 1. The summed E-state index contributed by atoms with van der Waals surface area (Å²) in [4.78, 5) is 11.8. The van der Waals surface area contributed by atoms with E-state index in [0.717, 1.165) is 16.8 Å². The van der Waals surface area contributed by atoms with Crippen LogP contribution in [0.5, 0.6) is 0 Å². The van der Waals surface area contributed by atoms with Crippen molar-refractivity contribution >= 4 is 0 Å². The minimum atomic E-state index is -0.159. The molecule has 25 heavy (non-hydrogen) atoms.